The van der Waals surface area contributed by atoms with Gasteiger partial charge in [-0.15, -0.1) is 0 Å². The Hall–Kier alpha value is -2.24. The molecule has 1 aromatic rings. The lowest BCUT2D eigenvalue weighted by atomic mass is 9.89. The van der Waals surface area contributed by atoms with E-state index in [0.717, 1.165) is 6.07 Å². The van der Waals surface area contributed by atoms with Gasteiger partial charge in [-0.25, -0.2) is 0 Å². The van der Waals surface area contributed by atoms with Crippen LogP contribution in [0.15, 0.2) is 12.1 Å². The van der Waals surface area contributed by atoms with E-state index in [1.54, 1.807) is 0 Å². The topological polar surface area (TPSA) is 107 Å². The van der Waals surface area contributed by atoms with Gasteiger partial charge in [0.1, 0.15) is 5.92 Å². The number of aromatic hydroxyl groups is 2. The van der Waals surface area contributed by atoms with E-state index < -0.39 is 29.3 Å². The summed E-state index contributed by atoms with van der Waals surface area (Å²) >= 11 is 0. The van der Waals surface area contributed by atoms with E-state index in [1.807, 2.05) is 0 Å². The predicted octanol–water partition coefficient (Wildman–Crippen LogP) is 0.00940. The van der Waals surface area contributed by atoms with Crippen molar-refractivity contribution in [2.75, 3.05) is 6.54 Å². The number of aliphatic carboxylic acids is 1. The van der Waals surface area contributed by atoms with Crippen molar-refractivity contribution in [3.8, 4) is 11.5 Å². The van der Waals surface area contributed by atoms with Gasteiger partial charge in [0.15, 0.2) is 11.5 Å². The van der Waals surface area contributed by atoms with E-state index in [2.05, 4.69) is 5.32 Å². The van der Waals surface area contributed by atoms with Crippen LogP contribution >= 0.6 is 0 Å². The maximum Gasteiger partial charge on any atom is 0.312 e. The van der Waals surface area contributed by atoms with Gasteiger partial charge in [-0.3, -0.25) is 9.59 Å². The second-order valence-electron chi connectivity index (χ2n) is 3.50. The summed E-state index contributed by atoms with van der Waals surface area (Å²) in [5.74, 6) is -3.63. The number of amides is 1. The molecule has 0 bridgehead atoms. The second-order valence-corrected chi connectivity index (χ2v) is 3.50. The van der Waals surface area contributed by atoms with Crippen molar-refractivity contribution < 1.29 is 24.9 Å². The molecule has 1 amide bonds. The van der Waals surface area contributed by atoms with Crippen molar-refractivity contribution in [1.82, 2.24) is 5.32 Å². The van der Waals surface area contributed by atoms with Crippen LogP contribution in [-0.2, 0) is 4.79 Å². The quantitative estimate of drug-likeness (QED) is 0.502. The smallest absolute Gasteiger partial charge is 0.312 e. The summed E-state index contributed by atoms with van der Waals surface area (Å²) in [7, 11) is 0. The number of carbonyl (C=O) groups excluding carboxylic acids is 1. The highest BCUT2D eigenvalue weighted by atomic mass is 16.4. The first-order chi connectivity index (χ1) is 7.52. The van der Waals surface area contributed by atoms with Gasteiger partial charge in [0.05, 0.1) is 0 Å². The van der Waals surface area contributed by atoms with Crippen LogP contribution in [0.3, 0.4) is 0 Å². The molecule has 0 saturated carbocycles. The van der Waals surface area contributed by atoms with E-state index in [4.69, 9.17) is 5.11 Å². The van der Waals surface area contributed by atoms with E-state index in [1.165, 1.54) is 6.07 Å². The Morgan fingerprint density at radius 2 is 2.06 bits per heavy atom. The number of hydrogen-bond donors (Lipinski definition) is 4. The molecule has 1 atom stereocenters. The van der Waals surface area contributed by atoms with Crippen molar-refractivity contribution in [2.24, 2.45) is 0 Å². The Bertz CT molecular complexity index is 482. The summed E-state index contributed by atoms with van der Waals surface area (Å²) in [6, 6.07) is 2.44. The number of rotatable bonds is 1. The zero-order chi connectivity index (χ0) is 11.9. The first-order valence-corrected chi connectivity index (χ1v) is 4.58. The van der Waals surface area contributed by atoms with E-state index in [-0.39, 0.29) is 17.7 Å². The number of carboxylic acid groups (broad SMARTS) is 1. The third kappa shape index (κ3) is 1.35. The summed E-state index contributed by atoms with van der Waals surface area (Å²) in [5, 5.41) is 30.2. The van der Waals surface area contributed by atoms with Gasteiger partial charge < -0.3 is 20.6 Å². The molecule has 1 aromatic carbocycles. The number of nitrogens with one attached hydrogen (secondary N) is 1. The van der Waals surface area contributed by atoms with Gasteiger partial charge in [0.25, 0.3) is 5.91 Å². The normalized spacial score (nSPS) is 18.8. The zero-order valence-corrected chi connectivity index (χ0v) is 8.10. The van der Waals surface area contributed by atoms with E-state index in [0.29, 0.717) is 0 Å². The number of hydrogen-bond acceptors (Lipinski definition) is 4. The summed E-state index contributed by atoms with van der Waals surface area (Å²) in [5.41, 5.74) is 0.0465. The third-order valence-corrected chi connectivity index (χ3v) is 2.55. The Morgan fingerprint density at radius 3 is 2.69 bits per heavy atom. The molecule has 1 heterocycles. The standard InChI is InChI=1S/C10H9NO5/c12-6-2-1-4-7(8(6)13)5(10(15)16)3-11-9(4)14/h1-2,5,12-13H,3H2,(H,11,14)(H,15,16). The summed E-state index contributed by atoms with van der Waals surface area (Å²) in [4.78, 5) is 22.4. The van der Waals surface area contributed by atoms with E-state index >= 15 is 0 Å². The highest BCUT2D eigenvalue weighted by Crippen LogP contribution is 2.38. The molecule has 1 unspecified atom stereocenters. The van der Waals surface area contributed by atoms with Crippen LogP contribution in [0.1, 0.15) is 21.8 Å². The molecule has 0 aliphatic carbocycles. The highest BCUT2D eigenvalue weighted by molar-refractivity contribution is 6.00. The zero-order valence-electron chi connectivity index (χ0n) is 8.10. The van der Waals surface area contributed by atoms with Gasteiger partial charge in [-0.2, -0.15) is 0 Å². The van der Waals surface area contributed by atoms with Crippen LogP contribution < -0.4 is 5.32 Å². The minimum atomic E-state index is -1.16. The Kier molecular flexibility index (Phi) is 2.19. The molecule has 0 aromatic heterocycles. The molecule has 0 radical (unpaired) electrons. The molecular weight excluding hydrogens is 214 g/mol. The third-order valence-electron chi connectivity index (χ3n) is 2.55. The summed E-state index contributed by atoms with van der Waals surface area (Å²) in [6.07, 6.45) is 0. The number of benzene rings is 1. The lowest BCUT2D eigenvalue weighted by molar-refractivity contribution is -0.138. The first-order valence-electron chi connectivity index (χ1n) is 4.58. The van der Waals surface area contributed by atoms with Crippen LogP contribution in [-0.4, -0.2) is 33.7 Å². The molecule has 6 nitrogen and oxygen atoms in total. The SMILES string of the molecule is O=C1NCC(C(=O)O)c2c1ccc(O)c2O. The van der Waals surface area contributed by atoms with Gasteiger partial charge in [0.2, 0.25) is 0 Å². The van der Waals surface area contributed by atoms with Crippen LogP contribution in [0.2, 0.25) is 0 Å². The van der Waals surface area contributed by atoms with Crippen LogP contribution in [0.25, 0.3) is 0 Å². The minimum Gasteiger partial charge on any atom is -0.504 e. The fourth-order valence-electron chi connectivity index (χ4n) is 1.75. The van der Waals surface area contributed by atoms with Crippen LogP contribution in [0.4, 0.5) is 0 Å². The van der Waals surface area contributed by atoms with Crippen molar-refractivity contribution in [2.45, 2.75) is 5.92 Å². The number of carboxylic acids is 1. The Morgan fingerprint density at radius 1 is 1.38 bits per heavy atom. The molecule has 1 aliphatic rings. The lowest BCUT2D eigenvalue weighted by Crippen LogP contribution is -2.38. The van der Waals surface area contributed by atoms with E-state index in [9.17, 15) is 19.8 Å². The number of fused-ring (bicyclic) bond motifs is 1. The van der Waals surface area contributed by atoms with Crippen molar-refractivity contribution in [3.63, 3.8) is 0 Å². The van der Waals surface area contributed by atoms with Crippen LogP contribution in [0.5, 0.6) is 11.5 Å². The molecule has 0 fully saturated rings. The fraction of sp³-hybridized carbons (Fsp3) is 0.200. The molecule has 0 saturated heterocycles. The molecule has 84 valence electrons. The average Bonchev–Trinajstić information content (AvgIpc) is 2.23. The number of carbonyl (C=O) groups is 2. The van der Waals surface area contributed by atoms with Gasteiger partial charge in [-0.05, 0) is 12.1 Å². The molecular formula is C10H9NO5. The average molecular weight is 223 g/mol. The first kappa shape index (κ1) is 10.3. The maximum absolute atomic E-state index is 11.4. The van der Waals surface area contributed by atoms with Crippen molar-refractivity contribution in [1.29, 1.82) is 0 Å². The monoisotopic (exact) mass is 223 g/mol. The number of phenolic OH excluding ortho intramolecular Hbond substituents is 2. The molecule has 1 aliphatic heterocycles. The van der Waals surface area contributed by atoms with Crippen LogP contribution in [0, 0.1) is 0 Å². The maximum atomic E-state index is 11.4. The number of phenols is 2. The summed E-state index contributed by atoms with van der Waals surface area (Å²) in [6.45, 7) is -0.0990. The van der Waals surface area contributed by atoms with Gasteiger partial charge in [0, 0.05) is 17.7 Å². The molecule has 6 heteroatoms. The van der Waals surface area contributed by atoms with Crippen molar-refractivity contribution in [3.05, 3.63) is 23.3 Å². The molecule has 16 heavy (non-hydrogen) atoms. The Balaban J connectivity index is 2.67. The Labute approximate surface area is 90.1 Å². The fourth-order valence-corrected chi connectivity index (χ4v) is 1.75. The summed E-state index contributed by atoms with van der Waals surface area (Å²) < 4.78 is 0. The molecule has 4 N–H and O–H groups in total. The largest absolute Gasteiger partial charge is 0.504 e. The predicted molar refractivity (Wildman–Crippen MR) is 52.5 cm³/mol. The molecule has 0 spiro atoms. The van der Waals surface area contributed by atoms with Crippen molar-refractivity contribution >= 4 is 11.9 Å². The van der Waals surface area contributed by atoms with Gasteiger partial charge >= 0.3 is 5.97 Å². The molecule has 2 rings (SSSR count). The second kappa shape index (κ2) is 3.41. The lowest BCUT2D eigenvalue weighted by Gasteiger charge is -2.23. The van der Waals surface area contributed by atoms with Gasteiger partial charge in [-0.1, -0.05) is 0 Å². The highest BCUT2D eigenvalue weighted by Gasteiger charge is 2.33. The minimum absolute atomic E-state index is 0.0312.